The highest BCUT2D eigenvalue weighted by Gasteiger charge is 2.21. The molecule has 0 N–H and O–H groups in total. The lowest BCUT2D eigenvalue weighted by Crippen LogP contribution is -2.14. The van der Waals surface area contributed by atoms with E-state index in [1.54, 1.807) is 0 Å². The number of alkyl halides is 1. The highest BCUT2D eigenvalue weighted by Crippen LogP contribution is 2.22. The number of nitro groups is 1. The number of halogens is 2. The standard InChI is InChI=1S/C11H11BrFNO3/c1-2-3-8(12)11(15)7-4-5-9(13)10(6-7)14(16)17/h4-6,8H,2-3H2,1H3. The van der Waals surface area contributed by atoms with Crippen LogP contribution in [-0.2, 0) is 0 Å². The Balaban J connectivity index is 3.03. The summed E-state index contributed by atoms with van der Waals surface area (Å²) >= 11 is 3.21. The first-order valence-corrected chi connectivity index (χ1v) is 6.01. The van der Waals surface area contributed by atoms with Gasteiger partial charge in [-0.1, -0.05) is 29.3 Å². The molecular weight excluding hydrogens is 293 g/mol. The van der Waals surface area contributed by atoms with E-state index < -0.39 is 21.3 Å². The highest BCUT2D eigenvalue weighted by atomic mass is 79.9. The molecule has 0 aliphatic rings. The van der Waals surface area contributed by atoms with E-state index in [9.17, 15) is 19.3 Å². The third-order valence-electron chi connectivity index (χ3n) is 2.25. The first kappa shape index (κ1) is 13.8. The van der Waals surface area contributed by atoms with Crippen molar-refractivity contribution in [3.05, 3.63) is 39.7 Å². The summed E-state index contributed by atoms with van der Waals surface area (Å²) in [6.07, 6.45) is 1.44. The monoisotopic (exact) mass is 303 g/mol. The molecule has 1 atom stereocenters. The average molecular weight is 304 g/mol. The second kappa shape index (κ2) is 5.86. The molecule has 0 fully saturated rings. The largest absolute Gasteiger partial charge is 0.305 e. The zero-order valence-electron chi connectivity index (χ0n) is 9.15. The van der Waals surface area contributed by atoms with Crippen molar-refractivity contribution < 1.29 is 14.1 Å². The van der Waals surface area contributed by atoms with Crippen molar-refractivity contribution in [1.82, 2.24) is 0 Å². The number of hydrogen-bond acceptors (Lipinski definition) is 3. The summed E-state index contributed by atoms with van der Waals surface area (Å²) in [5.74, 6) is -1.21. The van der Waals surface area contributed by atoms with Crippen molar-refractivity contribution in [3.8, 4) is 0 Å². The van der Waals surface area contributed by atoms with Crippen molar-refractivity contribution in [3.63, 3.8) is 0 Å². The molecule has 6 heteroatoms. The Morgan fingerprint density at radius 3 is 2.76 bits per heavy atom. The molecule has 0 heterocycles. The minimum absolute atomic E-state index is 0.147. The first-order valence-electron chi connectivity index (χ1n) is 5.09. The Bertz CT molecular complexity index is 450. The average Bonchev–Trinajstić information content (AvgIpc) is 2.28. The maximum atomic E-state index is 13.1. The number of benzene rings is 1. The minimum atomic E-state index is -0.937. The van der Waals surface area contributed by atoms with E-state index in [1.165, 1.54) is 6.07 Å². The molecule has 0 bridgehead atoms. The lowest BCUT2D eigenvalue weighted by atomic mass is 10.0. The maximum Gasteiger partial charge on any atom is 0.305 e. The fourth-order valence-corrected chi connectivity index (χ4v) is 2.09. The number of hydrogen-bond donors (Lipinski definition) is 0. The predicted octanol–water partition coefficient (Wildman–Crippen LogP) is 3.48. The molecule has 0 aliphatic carbocycles. The zero-order valence-corrected chi connectivity index (χ0v) is 10.7. The number of carbonyl (C=O) groups excluding carboxylic acids is 1. The number of ketones is 1. The van der Waals surface area contributed by atoms with E-state index >= 15 is 0 Å². The third kappa shape index (κ3) is 3.33. The predicted molar refractivity (Wildman–Crippen MR) is 65.0 cm³/mol. The molecule has 92 valence electrons. The summed E-state index contributed by atoms with van der Waals surface area (Å²) in [6.45, 7) is 1.93. The summed E-state index contributed by atoms with van der Waals surface area (Å²) < 4.78 is 13.1. The Hall–Kier alpha value is -1.30. The molecule has 0 radical (unpaired) electrons. The second-order valence-electron chi connectivity index (χ2n) is 3.54. The molecule has 0 aliphatic heterocycles. The summed E-state index contributed by atoms with van der Waals surface area (Å²) in [7, 11) is 0. The summed E-state index contributed by atoms with van der Waals surface area (Å²) in [5, 5.41) is 10.5. The lowest BCUT2D eigenvalue weighted by Gasteiger charge is -2.07. The maximum absolute atomic E-state index is 13.1. The van der Waals surface area contributed by atoms with E-state index in [2.05, 4.69) is 15.9 Å². The molecular formula is C11H11BrFNO3. The normalized spacial score (nSPS) is 12.2. The summed E-state index contributed by atoms with van der Waals surface area (Å²) in [4.78, 5) is 21.1. The van der Waals surface area contributed by atoms with Gasteiger partial charge in [-0.3, -0.25) is 14.9 Å². The summed E-state index contributed by atoms with van der Waals surface area (Å²) in [5.41, 5.74) is -0.527. The Labute approximate surface area is 106 Å². The van der Waals surface area contributed by atoms with Crippen molar-refractivity contribution in [2.45, 2.75) is 24.6 Å². The topological polar surface area (TPSA) is 60.2 Å². The van der Waals surface area contributed by atoms with Crippen LogP contribution in [0.3, 0.4) is 0 Å². The molecule has 0 spiro atoms. The van der Waals surface area contributed by atoms with Crippen LogP contribution in [-0.4, -0.2) is 15.5 Å². The molecule has 0 aromatic heterocycles. The molecule has 0 amide bonds. The van der Waals surface area contributed by atoms with Gasteiger partial charge in [-0.15, -0.1) is 0 Å². The van der Waals surface area contributed by atoms with E-state index in [-0.39, 0.29) is 11.3 Å². The number of Topliss-reactive ketones (excluding diaryl/α,β-unsaturated/α-hetero) is 1. The van der Waals surface area contributed by atoms with Gasteiger partial charge in [-0.05, 0) is 18.6 Å². The van der Waals surface area contributed by atoms with Crippen LogP contribution in [0, 0.1) is 15.9 Å². The molecule has 4 nitrogen and oxygen atoms in total. The van der Waals surface area contributed by atoms with Gasteiger partial charge in [-0.25, -0.2) is 0 Å². The van der Waals surface area contributed by atoms with E-state index in [1.807, 2.05) is 6.92 Å². The Kier molecular flexibility index (Phi) is 4.74. The Morgan fingerprint density at radius 1 is 1.59 bits per heavy atom. The first-order chi connectivity index (χ1) is 7.97. The van der Waals surface area contributed by atoms with Gasteiger partial charge < -0.3 is 0 Å². The molecule has 0 saturated heterocycles. The molecule has 0 saturated carbocycles. The van der Waals surface area contributed by atoms with E-state index in [0.29, 0.717) is 6.42 Å². The zero-order chi connectivity index (χ0) is 13.0. The fourth-order valence-electron chi connectivity index (χ4n) is 1.37. The van der Waals surface area contributed by atoms with Crippen LogP contribution in [0.5, 0.6) is 0 Å². The molecule has 1 aromatic carbocycles. The van der Waals surface area contributed by atoms with Crippen LogP contribution in [0.2, 0.25) is 0 Å². The van der Waals surface area contributed by atoms with Gasteiger partial charge in [0.05, 0.1) is 9.75 Å². The summed E-state index contributed by atoms with van der Waals surface area (Å²) in [6, 6.07) is 3.17. The second-order valence-corrected chi connectivity index (χ2v) is 4.65. The quantitative estimate of drug-likeness (QED) is 0.362. The molecule has 17 heavy (non-hydrogen) atoms. The van der Waals surface area contributed by atoms with Crippen LogP contribution in [0.25, 0.3) is 0 Å². The lowest BCUT2D eigenvalue weighted by molar-refractivity contribution is -0.387. The third-order valence-corrected chi connectivity index (χ3v) is 3.13. The van der Waals surface area contributed by atoms with Gasteiger partial charge in [0.2, 0.25) is 5.82 Å². The number of carbonyl (C=O) groups is 1. The van der Waals surface area contributed by atoms with Crippen LogP contribution >= 0.6 is 15.9 Å². The SMILES string of the molecule is CCCC(Br)C(=O)c1ccc(F)c([N+](=O)[O-])c1. The minimum Gasteiger partial charge on any atom is -0.293 e. The van der Waals surface area contributed by atoms with Crippen molar-refractivity contribution in [1.29, 1.82) is 0 Å². The fraction of sp³-hybridized carbons (Fsp3) is 0.364. The van der Waals surface area contributed by atoms with Gasteiger partial charge in [0.1, 0.15) is 0 Å². The van der Waals surface area contributed by atoms with Crippen LogP contribution < -0.4 is 0 Å². The van der Waals surface area contributed by atoms with E-state index in [4.69, 9.17) is 0 Å². The molecule has 1 aromatic rings. The van der Waals surface area contributed by atoms with Gasteiger partial charge in [-0.2, -0.15) is 4.39 Å². The molecule has 1 rings (SSSR count). The van der Waals surface area contributed by atoms with Gasteiger partial charge in [0, 0.05) is 11.6 Å². The van der Waals surface area contributed by atoms with Crippen LogP contribution in [0.4, 0.5) is 10.1 Å². The van der Waals surface area contributed by atoms with Crippen LogP contribution in [0.1, 0.15) is 30.1 Å². The number of nitro benzene ring substituents is 1. The highest BCUT2D eigenvalue weighted by molar-refractivity contribution is 9.10. The van der Waals surface area contributed by atoms with Crippen molar-refractivity contribution in [2.75, 3.05) is 0 Å². The van der Waals surface area contributed by atoms with E-state index in [0.717, 1.165) is 18.6 Å². The number of rotatable bonds is 5. The smallest absolute Gasteiger partial charge is 0.293 e. The molecule has 1 unspecified atom stereocenters. The van der Waals surface area contributed by atoms with Gasteiger partial charge >= 0.3 is 5.69 Å². The van der Waals surface area contributed by atoms with Gasteiger partial charge in [0.25, 0.3) is 0 Å². The number of nitrogens with zero attached hydrogens (tertiary/aromatic N) is 1. The van der Waals surface area contributed by atoms with Gasteiger partial charge in [0.15, 0.2) is 5.78 Å². The van der Waals surface area contributed by atoms with Crippen LogP contribution in [0.15, 0.2) is 18.2 Å². The van der Waals surface area contributed by atoms with Crippen molar-refractivity contribution in [2.24, 2.45) is 0 Å². The van der Waals surface area contributed by atoms with Crippen molar-refractivity contribution >= 4 is 27.4 Å². The Morgan fingerprint density at radius 2 is 2.24 bits per heavy atom.